The van der Waals surface area contributed by atoms with E-state index in [0.29, 0.717) is 19.0 Å². The Morgan fingerprint density at radius 2 is 1.96 bits per heavy atom. The van der Waals surface area contributed by atoms with E-state index in [1.54, 1.807) is 12.4 Å². The van der Waals surface area contributed by atoms with Crippen molar-refractivity contribution in [2.45, 2.75) is 19.4 Å². The first-order valence-electron chi connectivity index (χ1n) is 8.16. The van der Waals surface area contributed by atoms with Crippen LogP contribution < -0.4 is 10.1 Å². The Kier molecular flexibility index (Phi) is 5.43. The van der Waals surface area contributed by atoms with Gasteiger partial charge in [-0.2, -0.15) is 0 Å². The Labute approximate surface area is 142 Å². The molecule has 0 saturated carbocycles. The standard InChI is InChI=1S/C19H22N2O3/c1-14-2-4-17(5-3-14)24-13-19(22)21-18-12-23-11-16(18)10-15-6-8-20-9-7-15/h2-9,16,18H,10-13H2,1H3,(H,21,22)/t16-,18+/m1/s1. The van der Waals surface area contributed by atoms with E-state index in [1.807, 2.05) is 43.3 Å². The van der Waals surface area contributed by atoms with Gasteiger partial charge >= 0.3 is 0 Å². The summed E-state index contributed by atoms with van der Waals surface area (Å²) in [5, 5.41) is 3.03. The van der Waals surface area contributed by atoms with Crippen molar-refractivity contribution in [1.29, 1.82) is 0 Å². The Morgan fingerprint density at radius 1 is 1.21 bits per heavy atom. The molecule has 1 fully saturated rings. The van der Waals surface area contributed by atoms with E-state index in [1.165, 1.54) is 5.56 Å². The van der Waals surface area contributed by atoms with Crippen LogP contribution in [0, 0.1) is 12.8 Å². The highest BCUT2D eigenvalue weighted by Gasteiger charge is 2.29. The molecule has 24 heavy (non-hydrogen) atoms. The number of rotatable bonds is 6. The molecule has 0 bridgehead atoms. The molecular formula is C19H22N2O3. The van der Waals surface area contributed by atoms with Gasteiger partial charge in [0, 0.05) is 18.3 Å². The number of hydrogen-bond donors (Lipinski definition) is 1. The van der Waals surface area contributed by atoms with Gasteiger partial charge in [0.15, 0.2) is 6.61 Å². The van der Waals surface area contributed by atoms with Crippen molar-refractivity contribution in [2.24, 2.45) is 5.92 Å². The molecule has 5 heteroatoms. The van der Waals surface area contributed by atoms with Crippen LogP contribution in [-0.2, 0) is 16.0 Å². The number of nitrogens with one attached hydrogen (secondary N) is 1. The first-order valence-corrected chi connectivity index (χ1v) is 8.16. The maximum Gasteiger partial charge on any atom is 0.258 e. The summed E-state index contributed by atoms with van der Waals surface area (Å²) in [4.78, 5) is 16.2. The number of pyridine rings is 1. The largest absolute Gasteiger partial charge is 0.484 e. The van der Waals surface area contributed by atoms with Crippen molar-refractivity contribution < 1.29 is 14.3 Å². The SMILES string of the molecule is Cc1ccc(OCC(=O)N[C@H]2COC[C@H]2Cc2ccncc2)cc1. The third-order valence-electron chi connectivity index (χ3n) is 4.18. The molecule has 1 aliphatic heterocycles. The zero-order valence-corrected chi connectivity index (χ0v) is 13.8. The number of nitrogens with zero attached hydrogens (tertiary/aromatic N) is 1. The van der Waals surface area contributed by atoms with E-state index in [9.17, 15) is 4.79 Å². The molecule has 1 amide bonds. The van der Waals surface area contributed by atoms with Crippen LogP contribution >= 0.6 is 0 Å². The molecule has 1 aromatic carbocycles. The van der Waals surface area contributed by atoms with E-state index in [4.69, 9.17) is 9.47 Å². The van der Waals surface area contributed by atoms with Gasteiger partial charge in [-0.15, -0.1) is 0 Å². The van der Waals surface area contributed by atoms with E-state index >= 15 is 0 Å². The van der Waals surface area contributed by atoms with Crippen LogP contribution in [0.3, 0.4) is 0 Å². The number of carbonyl (C=O) groups excluding carboxylic acids is 1. The molecule has 1 N–H and O–H groups in total. The first kappa shape index (κ1) is 16.5. The van der Waals surface area contributed by atoms with Gasteiger partial charge in [-0.05, 0) is 43.2 Å². The summed E-state index contributed by atoms with van der Waals surface area (Å²) in [5.74, 6) is 0.855. The van der Waals surface area contributed by atoms with Gasteiger partial charge in [0.25, 0.3) is 5.91 Å². The van der Waals surface area contributed by atoms with Crippen LogP contribution in [0.2, 0.25) is 0 Å². The molecule has 1 aromatic heterocycles. The summed E-state index contributed by atoms with van der Waals surface area (Å²) in [6, 6.07) is 11.7. The van der Waals surface area contributed by atoms with Crippen LogP contribution in [0.1, 0.15) is 11.1 Å². The van der Waals surface area contributed by atoms with Gasteiger partial charge in [-0.1, -0.05) is 17.7 Å². The van der Waals surface area contributed by atoms with Crippen molar-refractivity contribution in [2.75, 3.05) is 19.8 Å². The molecule has 0 unspecified atom stereocenters. The predicted molar refractivity (Wildman–Crippen MR) is 90.9 cm³/mol. The van der Waals surface area contributed by atoms with Gasteiger partial charge in [0.05, 0.1) is 19.3 Å². The third-order valence-corrected chi connectivity index (χ3v) is 4.18. The normalized spacial score (nSPS) is 19.9. The van der Waals surface area contributed by atoms with Crippen LogP contribution in [0.25, 0.3) is 0 Å². The van der Waals surface area contributed by atoms with E-state index in [2.05, 4.69) is 10.3 Å². The summed E-state index contributed by atoms with van der Waals surface area (Å²) in [6.45, 7) is 3.24. The Balaban J connectivity index is 1.48. The Morgan fingerprint density at radius 3 is 2.71 bits per heavy atom. The molecule has 0 aliphatic carbocycles. The molecule has 5 nitrogen and oxygen atoms in total. The van der Waals surface area contributed by atoms with Crippen molar-refractivity contribution in [3.05, 3.63) is 59.9 Å². The summed E-state index contributed by atoms with van der Waals surface area (Å²) >= 11 is 0. The minimum Gasteiger partial charge on any atom is -0.484 e. The topological polar surface area (TPSA) is 60.5 Å². The van der Waals surface area contributed by atoms with E-state index in [0.717, 1.165) is 12.0 Å². The molecule has 2 aromatic rings. The van der Waals surface area contributed by atoms with Crippen LogP contribution in [0.15, 0.2) is 48.8 Å². The van der Waals surface area contributed by atoms with Gasteiger partial charge in [0.1, 0.15) is 5.75 Å². The van der Waals surface area contributed by atoms with Crippen molar-refractivity contribution in [3.8, 4) is 5.75 Å². The second-order valence-electron chi connectivity index (χ2n) is 6.13. The minimum absolute atomic E-state index is 0.0154. The quantitative estimate of drug-likeness (QED) is 0.883. The second kappa shape index (κ2) is 7.93. The van der Waals surface area contributed by atoms with Crippen molar-refractivity contribution in [1.82, 2.24) is 10.3 Å². The Hall–Kier alpha value is -2.40. The lowest BCUT2D eigenvalue weighted by molar-refractivity contribution is -0.124. The monoisotopic (exact) mass is 326 g/mol. The lowest BCUT2D eigenvalue weighted by Gasteiger charge is -2.19. The summed E-state index contributed by atoms with van der Waals surface area (Å²) in [5.41, 5.74) is 2.37. The number of benzene rings is 1. The molecule has 1 saturated heterocycles. The van der Waals surface area contributed by atoms with Crippen LogP contribution in [0.5, 0.6) is 5.75 Å². The summed E-state index contributed by atoms with van der Waals surface area (Å²) in [7, 11) is 0. The first-order chi connectivity index (χ1) is 11.7. The molecule has 2 heterocycles. The zero-order chi connectivity index (χ0) is 16.8. The van der Waals surface area contributed by atoms with Crippen LogP contribution in [0.4, 0.5) is 0 Å². The van der Waals surface area contributed by atoms with E-state index < -0.39 is 0 Å². The fraction of sp³-hybridized carbons (Fsp3) is 0.368. The van der Waals surface area contributed by atoms with E-state index in [-0.39, 0.29) is 24.5 Å². The van der Waals surface area contributed by atoms with Gasteiger partial charge in [-0.25, -0.2) is 0 Å². The molecule has 3 rings (SSSR count). The molecule has 0 radical (unpaired) electrons. The number of carbonyl (C=O) groups is 1. The second-order valence-corrected chi connectivity index (χ2v) is 6.13. The maximum absolute atomic E-state index is 12.1. The Bertz CT molecular complexity index is 658. The third kappa shape index (κ3) is 4.55. The fourth-order valence-corrected chi connectivity index (χ4v) is 2.81. The molecular weight excluding hydrogens is 304 g/mol. The fourth-order valence-electron chi connectivity index (χ4n) is 2.81. The summed E-state index contributed by atoms with van der Waals surface area (Å²) in [6.07, 6.45) is 4.44. The lowest BCUT2D eigenvalue weighted by Crippen LogP contribution is -2.42. The maximum atomic E-state index is 12.1. The van der Waals surface area contributed by atoms with Crippen LogP contribution in [-0.4, -0.2) is 36.8 Å². The highest BCUT2D eigenvalue weighted by Crippen LogP contribution is 2.19. The highest BCUT2D eigenvalue weighted by atomic mass is 16.5. The number of hydrogen-bond acceptors (Lipinski definition) is 4. The number of aromatic nitrogens is 1. The minimum atomic E-state index is -0.120. The zero-order valence-electron chi connectivity index (χ0n) is 13.8. The van der Waals surface area contributed by atoms with Crippen molar-refractivity contribution in [3.63, 3.8) is 0 Å². The smallest absolute Gasteiger partial charge is 0.258 e. The van der Waals surface area contributed by atoms with Gasteiger partial charge < -0.3 is 14.8 Å². The molecule has 1 aliphatic rings. The number of aryl methyl sites for hydroxylation is 1. The summed E-state index contributed by atoms with van der Waals surface area (Å²) < 4.78 is 11.1. The number of amides is 1. The van der Waals surface area contributed by atoms with Crippen molar-refractivity contribution >= 4 is 5.91 Å². The predicted octanol–water partition coefficient (Wildman–Crippen LogP) is 2.14. The van der Waals surface area contributed by atoms with Gasteiger partial charge in [0.2, 0.25) is 0 Å². The molecule has 2 atom stereocenters. The molecule has 0 spiro atoms. The highest BCUT2D eigenvalue weighted by molar-refractivity contribution is 5.77. The van der Waals surface area contributed by atoms with Gasteiger partial charge in [-0.3, -0.25) is 9.78 Å². The lowest BCUT2D eigenvalue weighted by atomic mass is 9.95. The average Bonchev–Trinajstić information content (AvgIpc) is 3.02. The molecule has 126 valence electrons. The number of ether oxygens (including phenoxy) is 2. The average molecular weight is 326 g/mol.